The Labute approximate surface area is 102 Å². The van der Waals surface area contributed by atoms with Gasteiger partial charge in [-0.2, -0.15) is 4.98 Å². The number of aromatic nitrogens is 2. The maximum absolute atomic E-state index is 13.0. The molecule has 0 aliphatic carbocycles. The molecule has 0 radical (unpaired) electrons. The largest absolute Gasteiger partial charge is 0.490 e. The van der Waals surface area contributed by atoms with Gasteiger partial charge in [-0.1, -0.05) is 12.1 Å². The van der Waals surface area contributed by atoms with E-state index in [0.717, 1.165) is 0 Å². The smallest absolute Gasteiger partial charge is 0.297 e. The number of rotatable bonds is 3. The molecule has 5 nitrogen and oxygen atoms in total. The zero-order valence-electron chi connectivity index (χ0n) is 9.61. The quantitative estimate of drug-likeness (QED) is 0.869. The summed E-state index contributed by atoms with van der Waals surface area (Å²) in [5.41, 5.74) is -0.242. The Hall–Kier alpha value is -2.37. The van der Waals surface area contributed by atoms with Crippen LogP contribution in [0.25, 0.3) is 11.4 Å². The van der Waals surface area contributed by atoms with Gasteiger partial charge in [-0.15, -0.1) is 0 Å². The van der Waals surface area contributed by atoms with Crippen molar-refractivity contribution >= 4 is 0 Å². The summed E-state index contributed by atoms with van der Waals surface area (Å²) in [6.45, 7) is 1.91. The number of H-pyrrole nitrogens is 1. The van der Waals surface area contributed by atoms with Crippen LogP contribution >= 0.6 is 0 Å². The third-order valence-corrected chi connectivity index (χ3v) is 2.25. The summed E-state index contributed by atoms with van der Waals surface area (Å²) >= 11 is 0. The molecule has 0 unspecified atom stereocenters. The van der Waals surface area contributed by atoms with Crippen molar-refractivity contribution in [3.8, 4) is 23.0 Å². The Balaban J connectivity index is 2.51. The van der Waals surface area contributed by atoms with E-state index in [1.165, 1.54) is 18.2 Å². The number of hydrogen-bond acceptors (Lipinski definition) is 4. The summed E-state index contributed by atoms with van der Waals surface area (Å²) in [5, 5.41) is 9.58. The Kier molecular flexibility index (Phi) is 3.27. The Morgan fingerprint density at radius 2 is 2.28 bits per heavy atom. The fourth-order valence-corrected chi connectivity index (χ4v) is 1.50. The van der Waals surface area contributed by atoms with Crippen LogP contribution in [0, 0.1) is 5.82 Å². The molecule has 0 bridgehead atoms. The number of benzene rings is 1. The van der Waals surface area contributed by atoms with Gasteiger partial charge in [0.15, 0.2) is 0 Å². The molecular weight excluding hydrogens is 239 g/mol. The van der Waals surface area contributed by atoms with Crippen molar-refractivity contribution in [2.24, 2.45) is 0 Å². The van der Waals surface area contributed by atoms with Gasteiger partial charge in [-0.3, -0.25) is 4.79 Å². The van der Waals surface area contributed by atoms with E-state index in [9.17, 15) is 14.3 Å². The fourth-order valence-electron chi connectivity index (χ4n) is 1.50. The van der Waals surface area contributed by atoms with E-state index in [-0.39, 0.29) is 18.2 Å². The normalized spacial score (nSPS) is 10.3. The number of ether oxygens (including phenoxy) is 1. The Bertz CT molecular complexity index is 625. The molecule has 0 amide bonds. The molecule has 94 valence electrons. The molecule has 2 aromatic rings. The van der Waals surface area contributed by atoms with Gasteiger partial charge in [0.1, 0.15) is 11.6 Å². The number of nitrogens with zero attached hydrogens (tertiary/aromatic N) is 1. The van der Waals surface area contributed by atoms with Gasteiger partial charge < -0.3 is 14.8 Å². The van der Waals surface area contributed by atoms with Crippen LogP contribution < -0.4 is 10.3 Å². The van der Waals surface area contributed by atoms with E-state index in [1.54, 1.807) is 13.0 Å². The second-order valence-corrected chi connectivity index (χ2v) is 3.51. The van der Waals surface area contributed by atoms with Crippen LogP contribution in [-0.2, 0) is 0 Å². The molecule has 1 aromatic heterocycles. The lowest BCUT2D eigenvalue weighted by Gasteiger charge is -2.06. The van der Waals surface area contributed by atoms with Crippen LogP contribution in [0.15, 0.2) is 29.1 Å². The topological polar surface area (TPSA) is 75.2 Å². The molecule has 6 heteroatoms. The summed E-state index contributed by atoms with van der Waals surface area (Å²) in [7, 11) is 0. The zero-order chi connectivity index (χ0) is 13.1. The summed E-state index contributed by atoms with van der Waals surface area (Å²) in [6, 6.07) is 5.54. The minimum Gasteiger partial charge on any atom is -0.490 e. The maximum atomic E-state index is 13.0. The standard InChI is InChI=1S/C12H11FN2O3/c1-2-18-9-11(16)14-10(15-12(9)17)7-4-3-5-8(13)6-7/h3-6H,2H2,1H3,(H2,14,15,16,17). The van der Waals surface area contributed by atoms with Crippen LogP contribution in [-0.4, -0.2) is 21.7 Å². The first-order valence-electron chi connectivity index (χ1n) is 5.34. The van der Waals surface area contributed by atoms with Gasteiger partial charge in [0.2, 0.25) is 5.75 Å². The number of aromatic amines is 1. The van der Waals surface area contributed by atoms with Gasteiger partial charge in [0, 0.05) is 5.56 Å². The fraction of sp³-hybridized carbons (Fsp3) is 0.167. The minimum atomic E-state index is -0.608. The first-order valence-corrected chi connectivity index (χ1v) is 5.34. The molecule has 0 fully saturated rings. The third-order valence-electron chi connectivity index (χ3n) is 2.25. The molecule has 1 aromatic carbocycles. The SMILES string of the molecule is CCOc1c(O)nc(-c2cccc(F)c2)[nH]c1=O. The molecule has 0 spiro atoms. The van der Waals surface area contributed by atoms with Crippen LogP contribution in [0.4, 0.5) is 4.39 Å². The number of nitrogens with one attached hydrogen (secondary N) is 1. The molecule has 0 aliphatic heterocycles. The summed E-state index contributed by atoms with van der Waals surface area (Å²) in [6.07, 6.45) is 0. The van der Waals surface area contributed by atoms with Crippen LogP contribution in [0.5, 0.6) is 11.6 Å². The minimum absolute atomic E-state index is 0.0838. The van der Waals surface area contributed by atoms with Crippen molar-refractivity contribution < 1.29 is 14.2 Å². The monoisotopic (exact) mass is 250 g/mol. The Morgan fingerprint density at radius 1 is 1.50 bits per heavy atom. The van der Waals surface area contributed by atoms with Crippen molar-refractivity contribution in [1.82, 2.24) is 9.97 Å². The lowest BCUT2D eigenvalue weighted by molar-refractivity contribution is 0.307. The molecule has 0 saturated carbocycles. The molecule has 18 heavy (non-hydrogen) atoms. The van der Waals surface area contributed by atoms with Gasteiger partial charge in [-0.25, -0.2) is 4.39 Å². The van der Waals surface area contributed by atoms with Crippen molar-refractivity contribution in [1.29, 1.82) is 0 Å². The van der Waals surface area contributed by atoms with Gasteiger partial charge in [-0.05, 0) is 19.1 Å². The number of halogens is 1. The zero-order valence-corrected chi connectivity index (χ0v) is 9.61. The van der Waals surface area contributed by atoms with Gasteiger partial charge in [0.25, 0.3) is 11.4 Å². The summed E-state index contributed by atoms with van der Waals surface area (Å²) in [4.78, 5) is 17.8. The highest BCUT2D eigenvalue weighted by molar-refractivity contribution is 5.56. The van der Waals surface area contributed by atoms with E-state index in [2.05, 4.69) is 9.97 Å². The molecule has 0 saturated heterocycles. The molecular formula is C12H11FN2O3. The van der Waals surface area contributed by atoms with E-state index >= 15 is 0 Å². The van der Waals surface area contributed by atoms with Crippen molar-refractivity contribution in [3.63, 3.8) is 0 Å². The molecule has 2 rings (SSSR count). The second kappa shape index (κ2) is 4.87. The van der Waals surface area contributed by atoms with Gasteiger partial charge in [0.05, 0.1) is 6.61 Å². The highest BCUT2D eigenvalue weighted by atomic mass is 19.1. The predicted octanol–water partition coefficient (Wildman–Crippen LogP) is 1.68. The van der Waals surface area contributed by atoms with Crippen molar-refractivity contribution in [2.45, 2.75) is 6.92 Å². The van der Waals surface area contributed by atoms with Crippen LogP contribution in [0.2, 0.25) is 0 Å². The lowest BCUT2D eigenvalue weighted by Crippen LogP contribution is -2.13. The summed E-state index contributed by atoms with van der Waals surface area (Å²) in [5.74, 6) is -1.12. The molecule has 0 atom stereocenters. The average molecular weight is 250 g/mol. The summed E-state index contributed by atoms with van der Waals surface area (Å²) < 4.78 is 18.0. The molecule has 2 N–H and O–H groups in total. The highest BCUT2D eigenvalue weighted by Gasteiger charge is 2.12. The highest BCUT2D eigenvalue weighted by Crippen LogP contribution is 2.22. The van der Waals surface area contributed by atoms with Gasteiger partial charge >= 0.3 is 0 Å². The van der Waals surface area contributed by atoms with E-state index < -0.39 is 17.3 Å². The average Bonchev–Trinajstić information content (AvgIpc) is 2.33. The van der Waals surface area contributed by atoms with Crippen molar-refractivity contribution in [3.05, 3.63) is 40.4 Å². The molecule has 0 aliphatic rings. The van der Waals surface area contributed by atoms with E-state index in [4.69, 9.17) is 4.74 Å². The predicted molar refractivity (Wildman–Crippen MR) is 63.1 cm³/mol. The van der Waals surface area contributed by atoms with E-state index in [0.29, 0.717) is 5.56 Å². The second-order valence-electron chi connectivity index (χ2n) is 3.51. The Morgan fingerprint density at radius 3 is 2.89 bits per heavy atom. The first kappa shape index (κ1) is 12.1. The molecule has 1 heterocycles. The maximum Gasteiger partial charge on any atom is 0.297 e. The first-order chi connectivity index (χ1) is 8.61. The van der Waals surface area contributed by atoms with Crippen LogP contribution in [0.1, 0.15) is 6.92 Å². The van der Waals surface area contributed by atoms with E-state index in [1.807, 2.05) is 0 Å². The number of aromatic hydroxyl groups is 1. The van der Waals surface area contributed by atoms with Crippen LogP contribution in [0.3, 0.4) is 0 Å². The number of hydrogen-bond donors (Lipinski definition) is 2. The van der Waals surface area contributed by atoms with Crippen molar-refractivity contribution in [2.75, 3.05) is 6.61 Å². The third kappa shape index (κ3) is 2.32. The lowest BCUT2D eigenvalue weighted by atomic mass is 10.2.